The Morgan fingerprint density at radius 1 is 1.67 bits per heavy atom. The van der Waals surface area contributed by atoms with Crippen LogP contribution < -0.4 is 0 Å². The molecule has 3 nitrogen and oxygen atoms in total. The number of rotatable bonds is 1. The summed E-state index contributed by atoms with van der Waals surface area (Å²) in [6, 6.07) is 0. The van der Waals surface area contributed by atoms with E-state index >= 15 is 0 Å². The molecule has 6 heavy (non-hydrogen) atoms. The molecular formula is C2HMnO3-. The Kier molecular flexibility index (Phi) is 7.13. The number of aliphatic carboxylic acids is 1. The van der Waals surface area contributed by atoms with Crippen molar-refractivity contribution < 1.29 is 31.8 Å². The van der Waals surface area contributed by atoms with Gasteiger partial charge < -0.3 is 9.90 Å². The first-order valence-corrected chi connectivity index (χ1v) is 0.882. The SMILES string of the molecule is O=[C-]C(=O)O.[Mn]. The molecule has 0 heterocycles. The molecule has 0 fully saturated rings. The van der Waals surface area contributed by atoms with Crippen LogP contribution in [-0.2, 0) is 26.7 Å². The largest absolute Gasteiger partial charge is 0.531 e. The van der Waals surface area contributed by atoms with E-state index in [0.29, 0.717) is 6.29 Å². The van der Waals surface area contributed by atoms with Gasteiger partial charge in [0.1, 0.15) is 0 Å². The number of hydrogen-bond donors (Lipinski definition) is 1. The van der Waals surface area contributed by atoms with Crippen LogP contribution in [-0.4, -0.2) is 17.4 Å². The Hall–Kier alpha value is -0.341. The molecule has 1 N–H and O–H groups in total. The van der Waals surface area contributed by atoms with Crippen LogP contribution >= 0.6 is 0 Å². The minimum atomic E-state index is -1.55. The molecule has 0 atom stereocenters. The molecule has 0 aliphatic rings. The molecule has 0 aromatic carbocycles. The van der Waals surface area contributed by atoms with Gasteiger partial charge in [-0.3, -0.25) is 4.79 Å². The maximum absolute atomic E-state index is 8.94. The fourth-order valence-electron chi connectivity index (χ4n) is 0. The second kappa shape index (κ2) is 4.66. The van der Waals surface area contributed by atoms with Crippen LogP contribution in [0.3, 0.4) is 0 Å². The first kappa shape index (κ1) is 9.18. The molecule has 4 heteroatoms. The van der Waals surface area contributed by atoms with Crippen LogP contribution in [0, 0.1) is 0 Å². The number of carboxylic acid groups (broad SMARTS) is 1. The third-order valence-electron chi connectivity index (χ3n) is 0.0873. The summed E-state index contributed by atoms with van der Waals surface area (Å²) in [5.74, 6) is -1.55. The smallest absolute Gasteiger partial charge is 0.180 e. The van der Waals surface area contributed by atoms with Crippen molar-refractivity contribution in [3.63, 3.8) is 0 Å². The molecule has 35 valence electrons. The van der Waals surface area contributed by atoms with Crippen molar-refractivity contribution in [3.05, 3.63) is 0 Å². The zero-order valence-corrected chi connectivity index (χ0v) is 3.82. The van der Waals surface area contributed by atoms with Crippen molar-refractivity contribution in [1.82, 2.24) is 0 Å². The third kappa shape index (κ3) is 9.40. The summed E-state index contributed by atoms with van der Waals surface area (Å²) in [6.45, 7) is 0. The Morgan fingerprint density at radius 2 is 1.83 bits per heavy atom. The van der Waals surface area contributed by atoms with Gasteiger partial charge in [0.2, 0.25) is 0 Å². The van der Waals surface area contributed by atoms with Crippen LogP contribution in [0.2, 0.25) is 0 Å². The molecule has 0 rings (SSSR count). The zero-order valence-electron chi connectivity index (χ0n) is 2.64. The molecule has 0 amide bonds. The summed E-state index contributed by atoms with van der Waals surface area (Å²) in [5.41, 5.74) is 0. The van der Waals surface area contributed by atoms with Gasteiger partial charge in [0.25, 0.3) is 0 Å². The first-order valence-electron chi connectivity index (χ1n) is 0.882. The molecule has 0 aliphatic heterocycles. The number of carboxylic acids is 1. The Labute approximate surface area is 44.8 Å². The summed E-state index contributed by atoms with van der Waals surface area (Å²) >= 11 is 0. The Morgan fingerprint density at radius 3 is 1.83 bits per heavy atom. The van der Waals surface area contributed by atoms with E-state index in [1.54, 1.807) is 0 Å². The van der Waals surface area contributed by atoms with Crippen LogP contribution in [0.25, 0.3) is 0 Å². The van der Waals surface area contributed by atoms with Gasteiger partial charge in [0.05, 0.1) is 0 Å². The Balaban J connectivity index is 0. The van der Waals surface area contributed by atoms with E-state index in [9.17, 15) is 0 Å². The summed E-state index contributed by atoms with van der Waals surface area (Å²) in [5, 5.41) is 7.30. The second-order valence-corrected chi connectivity index (χ2v) is 0.407. The summed E-state index contributed by atoms with van der Waals surface area (Å²) in [4.78, 5) is 17.7. The van der Waals surface area contributed by atoms with Gasteiger partial charge >= 0.3 is 0 Å². The monoisotopic (exact) mass is 128 g/mol. The molecule has 0 bridgehead atoms. The fraction of sp³-hybridized carbons (Fsp3) is 0. The van der Waals surface area contributed by atoms with Crippen LogP contribution in [0.5, 0.6) is 0 Å². The van der Waals surface area contributed by atoms with Gasteiger partial charge in [-0.05, 0) is 0 Å². The summed E-state index contributed by atoms with van der Waals surface area (Å²) in [7, 11) is 0. The maximum Gasteiger partial charge on any atom is 0.180 e. The molecule has 0 saturated heterocycles. The van der Waals surface area contributed by atoms with Gasteiger partial charge in [-0.15, -0.1) is 0 Å². The minimum Gasteiger partial charge on any atom is -0.531 e. The first-order chi connectivity index (χ1) is 2.27. The molecular weight excluding hydrogens is 127 g/mol. The average Bonchev–Trinajstić information content (AvgIpc) is 1.38. The predicted octanol–water partition coefficient (Wildman–Crippen LogP) is -0.822. The second-order valence-electron chi connectivity index (χ2n) is 0.407. The van der Waals surface area contributed by atoms with E-state index in [4.69, 9.17) is 14.7 Å². The topological polar surface area (TPSA) is 54.4 Å². The zero-order chi connectivity index (χ0) is 4.28. The Bertz CT molecular complexity index is 59.8. The number of hydrogen-bond acceptors (Lipinski definition) is 2. The van der Waals surface area contributed by atoms with E-state index in [1.165, 1.54) is 0 Å². The van der Waals surface area contributed by atoms with Crippen molar-refractivity contribution in [2.45, 2.75) is 0 Å². The molecule has 0 aromatic rings. The molecule has 0 spiro atoms. The van der Waals surface area contributed by atoms with Gasteiger partial charge in [-0.25, -0.2) is 0 Å². The molecule has 1 radical (unpaired) electrons. The van der Waals surface area contributed by atoms with Crippen molar-refractivity contribution in [2.24, 2.45) is 0 Å². The van der Waals surface area contributed by atoms with Crippen molar-refractivity contribution in [1.29, 1.82) is 0 Å². The quantitative estimate of drug-likeness (QED) is 0.285. The van der Waals surface area contributed by atoms with Crippen molar-refractivity contribution in [2.75, 3.05) is 0 Å². The maximum atomic E-state index is 8.94. The molecule has 0 aliphatic carbocycles. The molecule has 0 saturated carbocycles. The predicted molar refractivity (Wildman–Crippen MR) is 13.3 cm³/mol. The number of carbonyl (C=O) groups is 1. The van der Waals surface area contributed by atoms with Crippen LogP contribution in [0.1, 0.15) is 0 Å². The average molecular weight is 128 g/mol. The van der Waals surface area contributed by atoms with E-state index in [0.717, 1.165) is 0 Å². The van der Waals surface area contributed by atoms with E-state index in [1.807, 2.05) is 0 Å². The number of carbonyl (C=O) groups excluding carboxylic acids is 1. The van der Waals surface area contributed by atoms with Crippen LogP contribution in [0.15, 0.2) is 0 Å². The summed E-state index contributed by atoms with van der Waals surface area (Å²) < 4.78 is 0. The normalized spacial score (nSPS) is 5.33. The minimum absolute atomic E-state index is 0. The molecule has 0 unspecified atom stereocenters. The fourth-order valence-corrected chi connectivity index (χ4v) is 0. The van der Waals surface area contributed by atoms with Crippen molar-refractivity contribution in [3.8, 4) is 0 Å². The molecule has 0 aromatic heterocycles. The van der Waals surface area contributed by atoms with Gasteiger partial charge in [0, 0.05) is 17.1 Å². The summed E-state index contributed by atoms with van der Waals surface area (Å²) in [6.07, 6.45) is 0.694. The van der Waals surface area contributed by atoms with Crippen molar-refractivity contribution >= 4 is 12.3 Å². The standard InChI is InChI=1S/C2HO3.Mn/c3-1-2(4)5;/h(H,4,5);/q-1;. The van der Waals surface area contributed by atoms with E-state index in [-0.39, 0.29) is 17.1 Å². The van der Waals surface area contributed by atoms with E-state index in [2.05, 4.69) is 0 Å². The van der Waals surface area contributed by atoms with Gasteiger partial charge in [-0.2, -0.15) is 6.29 Å². The van der Waals surface area contributed by atoms with Gasteiger partial charge in [-0.1, -0.05) is 0 Å². The van der Waals surface area contributed by atoms with Crippen LogP contribution in [0.4, 0.5) is 0 Å². The van der Waals surface area contributed by atoms with Gasteiger partial charge in [0.15, 0.2) is 5.97 Å². The third-order valence-corrected chi connectivity index (χ3v) is 0.0873. The van der Waals surface area contributed by atoms with E-state index < -0.39 is 5.97 Å².